The van der Waals surface area contributed by atoms with Crippen LogP contribution in [0.25, 0.3) is 22.3 Å². The summed E-state index contributed by atoms with van der Waals surface area (Å²) in [5, 5.41) is 0.348. The van der Waals surface area contributed by atoms with Gasteiger partial charge in [0, 0.05) is 50.4 Å². The van der Waals surface area contributed by atoms with Crippen molar-refractivity contribution in [1.82, 2.24) is 37.7 Å². The molecule has 0 spiro atoms. The standard InChI is InChI=1S/C32H35N5O7S.C17H17N3O4S.C16H20BrNO3.CH4/c1-4-24-18-35(31(39)44-21-23-9-7-6-8-10-23)19-26(24)28(38)20-36(32(40)43-5-2)29-17-33-30-27(34-29)15-16-37(30)45(41,42)25-13-11-22(3)12-14-25;1-3-24-16(21)10-13-11-18-17-15(19-13)8-9-20(17)25(22,23)14-6-4-12(2)5-7-14;1-2-13-9-18(10-14(13)15(19)8-17)16(20)21-11-12-6-4-3-5-7-12;/h6-17,24,26H,4-5,18-21H2,1-3H3;4-9,11H,3,10H2,1-2H3;3-7,13-14H,2,8-11H2,1H3;1H4/t24-,26+;;13-,14+;/m1.1./s1. The molecule has 2 fully saturated rings. The number of fused-ring (bicyclic) bond motifs is 2. The minimum Gasteiger partial charge on any atom is -0.466 e. The van der Waals surface area contributed by atoms with E-state index in [1.54, 1.807) is 61.2 Å². The van der Waals surface area contributed by atoms with E-state index in [-0.39, 0.29) is 115 Å². The molecule has 23 nitrogen and oxygen atoms in total. The van der Waals surface area contributed by atoms with Gasteiger partial charge in [0.05, 0.1) is 59.4 Å². The number of likely N-dealkylation sites (tertiary alicyclic amines) is 2. The van der Waals surface area contributed by atoms with Gasteiger partial charge in [-0.05, 0) is 87.1 Å². The molecule has 0 N–H and O–H groups in total. The molecule has 2 aliphatic rings. The predicted octanol–water partition coefficient (Wildman–Crippen LogP) is 10.8. The summed E-state index contributed by atoms with van der Waals surface area (Å²) in [5.74, 6) is -0.963. The summed E-state index contributed by atoms with van der Waals surface area (Å²) in [6.07, 6.45) is 5.29. The highest BCUT2D eigenvalue weighted by molar-refractivity contribution is 9.09. The Morgan fingerprint density at radius 3 is 1.45 bits per heavy atom. The van der Waals surface area contributed by atoms with Gasteiger partial charge in [0.1, 0.15) is 30.0 Å². The van der Waals surface area contributed by atoms with Crippen LogP contribution >= 0.6 is 15.9 Å². The van der Waals surface area contributed by atoms with Gasteiger partial charge in [-0.1, -0.05) is 146 Å². The molecule has 3 amide bonds. The molecule has 2 saturated heterocycles. The molecular formula is C66H76BrN9O14S2. The maximum Gasteiger partial charge on any atom is 0.415 e. The molecule has 488 valence electrons. The van der Waals surface area contributed by atoms with Crippen LogP contribution in [0, 0.1) is 37.5 Å². The van der Waals surface area contributed by atoms with Crippen LogP contribution in [0.5, 0.6) is 0 Å². The first-order valence-corrected chi connectivity index (χ1v) is 33.6. The molecule has 4 atom stereocenters. The van der Waals surface area contributed by atoms with E-state index in [0.29, 0.717) is 49.2 Å². The molecule has 0 aliphatic carbocycles. The van der Waals surface area contributed by atoms with Gasteiger partial charge in [-0.2, -0.15) is 0 Å². The molecule has 10 rings (SSSR count). The summed E-state index contributed by atoms with van der Waals surface area (Å²) < 4.78 is 75.2. The Labute approximate surface area is 544 Å². The topological polar surface area (TPSA) is 279 Å². The number of nitrogens with zero attached hydrogens (tertiary/aromatic N) is 9. The first-order chi connectivity index (χ1) is 43.7. The Morgan fingerprint density at radius 1 is 0.554 bits per heavy atom. The van der Waals surface area contributed by atoms with Crippen LogP contribution in [0.4, 0.5) is 20.2 Å². The Hall–Kier alpha value is -8.88. The lowest BCUT2D eigenvalue weighted by Gasteiger charge is -2.23. The fourth-order valence-electron chi connectivity index (χ4n) is 10.4. The SMILES string of the molecule is C.CCOC(=O)Cc1cnc2c(ccn2S(=O)(=O)c2ccc(C)cc2)n1.CCOC(=O)N(CC(=O)[C@H]1CN(C(=O)OCc2ccccc2)C[C@H]1CC)c1cnc2c(ccn2S(=O)(=O)c2ccc(C)cc2)n1.CC[C@@H]1CN(C(=O)OCc2ccccc2)C[C@@H]1C(=O)CBr. The number of aryl methyl sites for hydroxylation is 2. The van der Waals surface area contributed by atoms with Crippen LogP contribution in [-0.4, -0.2) is 142 Å². The molecular weight excluding hydrogens is 1290 g/mol. The number of amides is 3. The second-order valence-electron chi connectivity index (χ2n) is 21.6. The predicted molar refractivity (Wildman–Crippen MR) is 349 cm³/mol. The van der Waals surface area contributed by atoms with Gasteiger partial charge < -0.3 is 28.7 Å². The van der Waals surface area contributed by atoms with Crippen molar-refractivity contribution in [3.05, 3.63) is 174 Å². The minimum atomic E-state index is -3.96. The Kier molecular flexibility index (Phi) is 24.9. The highest BCUT2D eigenvalue weighted by Gasteiger charge is 2.41. The number of rotatable bonds is 20. The van der Waals surface area contributed by atoms with E-state index in [1.165, 1.54) is 47.9 Å². The molecule has 92 heavy (non-hydrogen) atoms. The van der Waals surface area contributed by atoms with Gasteiger partial charge in [-0.15, -0.1) is 0 Å². The average molecular weight is 1360 g/mol. The third-order valence-corrected chi connectivity index (χ3v) is 19.3. The molecule has 26 heteroatoms. The maximum absolute atomic E-state index is 13.7. The van der Waals surface area contributed by atoms with Crippen LogP contribution in [-0.2, 0) is 73.0 Å². The van der Waals surface area contributed by atoms with E-state index >= 15 is 0 Å². The number of alkyl halides is 1. The number of ketones is 2. The first kappa shape index (κ1) is 70.6. The third-order valence-electron chi connectivity index (χ3n) is 15.4. The van der Waals surface area contributed by atoms with Crippen molar-refractivity contribution in [2.24, 2.45) is 23.7 Å². The van der Waals surface area contributed by atoms with Gasteiger partial charge >= 0.3 is 24.2 Å². The lowest BCUT2D eigenvalue weighted by atomic mass is 9.90. The van der Waals surface area contributed by atoms with Gasteiger partial charge in [-0.25, -0.2) is 59.1 Å². The zero-order chi connectivity index (χ0) is 65.4. The van der Waals surface area contributed by atoms with E-state index in [2.05, 4.69) is 42.8 Å². The van der Waals surface area contributed by atoms with Crippen molar-refractivity contribution in [2.45, 2.75) is 91.2 Å². The second-order valence-corrected chi connectivity index (χ2v) is 25.8. The Balaban J connectivity index is 0.000000215. The number of ether oxygens (including phenoxy) is 4. The zero-order valence-electron chi connectivity index (χ0n) is 51.3. The number of carbonyl (C=O) groups is 6. The number of anilines is 1. The van der Waals surface area contributed by atoms with Crippen molar-refractivity contribution < 1.29 is 64.6 Å². The lowest BCUT2D eigenvalue weighted by Crippen LogP contribution is -2.41. The number of hydrogen-bond acceptors (Lipinski definition) is 18. The molecule has 6 heterocycles. The first-order valence-electron chi connectivity index (χ1n) is 29.6. The Morgan fingerprint density at radius 2 is 1.00 bits per heavy atom. The molecule has 4 aromatic heterocycles. The van der Waals surface area contributed by atoms with Gasteiger partial charge in [0.15, 0.2) is 22.9 Å². The lowest BCUT2D eigenvalue weighted by molar-refractivity contribution is -0.142. The molecule has 0 unspecified atom stereocenters. The average Bonchev–Trinajstić information content (AvgIpc) is 1.57. The highest BCUT2D eigenvalue weighted by atomic mass is 79.9. The maximum atomic E-state index is 13.7. The third kappa shape index (κ3) is 17.4. The van der Waals surface area contributed by atoms with E-state index in [4.69, 9.17) is 18.9 Å². The number of carbonyl (C=O) groups excluding carboxylic acids is 6. The summed E-state index contributed by atoms with van der Waals surface area (Å²) in [7, 11) is -7.72. The van der Waals surface area contributed by atoms with Gasteiger partial charge in [-0.3, -0.25) is 19.3 Å². The van der Waals surface area contributed by atoms with Gasteiger partial charge in [0.2, 0.25) is 0 Å². The van der Waals surface area contributed by atoms with Crippen LogP contribution in [0.2, 0.25) is 0 Å². The highest BCUT2D eigenvalue weighted by Crippen LogP contribution is 2.31. The van der Waals surface area contributed by atoms with Crippen molar-refractivity contribution in [1.29, 1.82) is 0 Å². The molecule has 8 aromatic rings. The summed E-state index contributed by atoms with van der Waals surface area (Å²) in [4.78, 5) is 96.9. The van der Waals surface area contributed by atoms with Crippen molar-refractivity contribution in [3.8, 4) is 0 Å². The largest absolute Gasteiger partial charge is 0.466 e. The number of Topliss-reactive ketones (excluding diaryl/α,β-unsaturated/α-hetero) is 2. The van der Waals surface area contributed by atoms with Crippen LogP contribution in [0.3, 0.4) is 0 Å². The number of esters is 1. The van der Waals surface area contributed by atoms with Crippen LogP contribution in [0.15, 0.2) is 156 Å². The molecule has 2 aliphatic heterocycles. The fraction of sp³-hybridized carbons (Fsp3) is 0.364. The van der Waals surface area contributed by atoms with E-state index in [0.717, 1.165) is 41.5 Å². The number of hydrogen-bond donors (Lipinski definition) is 0. The van der Waals surface area contributed by atoms with Gasteiger partial charge in [0.25, 0.3) is 20.0 Å². The van der Waals surface area contributed by atoms with Crippen LogP contribution in [0.1, 0.15) is 75.9 Å². The summed E-state index contributed by atoms with van der Waals surface area (Å²) in [5.41, 5.74) is 5.04. The summed E-state index contributed by atoms with van der Waals surface area (Å²) in [6.45, 7) is 13.1. The quantitative estimate of drug-likeness (QED) is 0.0389. The normalized spacial score (nSPS) is 16.1. The Bertz CT molecular complexity index is 4080. The van der Waals surface area contributed by atoms with Crippen molar-refractivity contribution >= 4 is 99.9 Å². The van der Waals surface area contributed by atoms with E-state index in [9.17, 15) is 45.6 Å². The summed E-state index contributed by atoms with van der Waals surface area (Å²) >= 11 is 3.22. The number of halogens is 1. The number of aromatic nitrogens is 6. The van der Waals surface area contributed by atoms with Crippen LogP contribution < -0.4 is 4.90 Å². The zero-order valence-corrected chi connectivity index (χ0v) is 54.5. The number of benzene rings is 4. The molecule has 4 aromatic carbocycles. The van der Waals surface area contributed by atoms with Crippen molar-refractivity contribution in [2.75, 3.05) is 56.2 Å². The second kappa shape index (κ2) is 32.4. The van der Waals surface area contributed by atoms with E-state index in [1.807, 2.05) is 81.4 Å². The molecule has 0 saturated carbocycles. The van der Waals surface area contributed by atoms with Crippen molar-refractivity contribution in [3.63, 3.8) is 0 Å². The fourth-order valence-corrected chi connectivity index (χ4v) is 13.5. The molecule has 0 radical (unpaired) electrons. The molecule has 0 bridgehead atoms. The monoisotopic (exact) mass is 1360 g/mol. The smallest absolute Gasteiger partial charge is 0.415 e. The van der Waals surface area contributed by atoms with E-state index < -0.39 is 44.1 Å². The summed E-state index contributed by atoms with van der Waals surface area (Å²) in [6, 6.07) is 35.0. The minimum absolute atomic E-state index is 0.